The van der Waals surface area contributed by atoms with Crippen LogP contribution in [-0.2, 0) is 0 Å². The molecule has 0 unspecified atom stereocenters. The van der Waals surface area contributed by atoms with E-state index in [-0.39, 0.29) is 12.1 Å². The number of hydrogen-bond donors (Lipinski definition) is 1. The molecule has 0 saturated carbocycles. The molecule has 3 heterocycles. The topological polar surface area (TPSA) is 33.1 Å². The first-order chi connectivity index (χ1) is 12.6. The Labute approximate surface area is 159 Å². The van der Waals surface area contributed by atoms with Crippen LogP contribution in [0.3, 0.4) is 0 Å². The van der Waals surface area contributed by atoms with E-state index < -0.39 is 0 Å². The normalized spacial score (nSPS) is 19.8. The molecule has 1 aliphatic rings. The molecule has 1 saturated heterocycles. The highest BCUT2D eigenvalue weighted by atomic mass is 32.1. The zero-order valence-corrected chi connectivity index (χ0v) is 15.7. The van der Waals surface area contributed by atoms with Crippen molar-refractivity contribution in [2.24, 2.45) is 0 Å². The third-order valence-electron chi connectivity index (χ3n) is 4.81. The monoisotopic (exact) mass is 362 g/mol. The van der Waals surface area contributed by atoms with Crippen LogP contribution in [-0.4, -0.2) is 14.7 Å². The predicted octanol–water partition coefficient (Wildman–Crippen LogP) is 4.64. The lowest BCUT2D eigenvalue weighted by atomic mass is 9.98. The zero-order chi connectivity index (χ0) is 18.1. The van der Waals surface area contributed by atoms with E-state index in [0.29, 0.717) is 6.04 Å². The quantitative estimate of drug-likeness (QED) is 0.686. The van der Waals surface area contributed by atoms with Crippen LogP contribution < -0.4 is 10.2 Å². The standard InChI is InChI=1S/C21H22N4S/c1-15(2)24-13-11-16(14-24)20-19(18-10-6-7-12-22-18)23-21(26)25(20)17-8-4-3-5-9-17/h3-15,19-20H,1-2H3,(H,23,26)/t19-,20+/m1/s1. The summed E-state index contributed by atoms with van der Waals surface area (Å²) in [5, 5.41) is 4.22. The molecule has 0 amide bonds. The van der Waals surface area contributed by atoms with Crippen LogP contribution in [0.5, 0.6) is 0 Å². The second kappa shape index (κ2) is 6.92. The lowest BCUT2D eigenvalue weighted by Gasteiger charge is -2.27. The van der Waals surface area contributed by atoms with Gasteiger partial charge in [-0.25, -0.2) is 0 Å². The van der Waals surface area contributed by atoms with Gasteiger partial charge in [-0.15, -0.1) is 0 Å². The van der Waals surface area contributed by atoms with Gasteiger partial charge in [0.1, 0.15) is 0 Å². The van der Waals surface area contributed by atoms with Crippen LogP contribution in [0.2, 0.25) is 0 Å². The van der Waals surface area contributed by atoms with Gasteiger partial charge in [-0.1, -0.05) is 24.3 Å². The van der Waals surface area contributed by atoms with E-state index >= 15 is 0 Å². The Hall–Kier alpha value is -2.66. The Morgan fingerprint density at radius 3 is 2.46 bits per heavy atom. The maximum absolute atomic E-state index is 5.72. The van der Waals surface area contributed by atoms with E-state index in [4.69, 9.17) is 12.2 Å². The number of benzene rings is 1. The minimum absolute atomic E-state index is 0.00641. The van der Waals surface area contributed by atoms with Gasteiger partial charge in [0.05, 0.1) is 17.8 Å². The molecule has 3 aromatic rings. The number of pyridine rings is 1. The summed E-state index contributed by atoms with van der Waals surface area (Å²) in [6.07, 6.45) is 6.19. The van der Waals surface area contributed by atoms with E-state index in [2.05, 4.69) is 70.3 Å². The molecule has 5 heteroatoms. The van der Waals surface area contributed by atoms with Gasteiger partial charge in [0.2, 0.25) is 0 Å². The smallest absolute Gasteiger partial charge is 0.174 e. The summed E-state index contributed by atoms with van der Waals surface area (Å²) in [7, 11) is 0. The molecule has 132 valence electrons. The Bertz CT molecular complexity index is 889. The van der Waals surface area contributed by atoms with Gasteiger partial charge in [0, 0.05) is 30.3 Å². The maximum atomic E-state index is 5.72. The summed E-state index contributed by atoms with van der Waals surface area (Å²) < 4.78 is 2.23. The third-order valence-corrected chi connectivity index (χ3v) is 5.12. The number of nitrogens with one attached hydrogen (secondary N) is 1. The van der Waals surface area contributed by atoms with Crippen molar-refractivity contribution < 1.29 is 0 Å². The molecular weight excluding hydrogens is 340 g/mol. The first-order valence-electron chi connectivity index (χ1n) is 8.88. The molecule has 0 radical (unpaired) electrons. The van der Waals surface area contributed by atoms with Gasteiger partial charge in [-0.2, -0.15) is 0 Å². The third kappa shape index (κ3) is 2.99. The van der Waals surface area contributed by atoms with Crippen molar-refractivity contribution >= 4 is 23.0 Å². The van der Waals surface area contributed by atoms with Crippen molar-refractivity contribution in [2.45, 2.75) is 32.0 Å². The second-order valence-corrected chi connectivity index (χ2v) is 7.20. The van der Waals surface area contributed by atoms with Gasteiger partial charge in [0.25, 0.3) is 0 Å². The van der Waals surface area contributed by atoms with E-state index in [1.165, 1.54) is 5.56 Å². The van der Waals surface area contributed by atoms with Crippen molar-refractivity contribution in [3.8, 4) is 0 Å². The van der Waals surface area contributed by atoms with Crippen LogP contribution >= 0.6 is 12.2 Å². The fraction of sp³-hybridized carbons (Fsp3) is 0.238. The molecule has 1 fully saturated rings. The molecule has 2 aromatic heterocycles. The first-order valence-corrected chi connectivity index (χ1v) is 9.29. The molecule has 1 aromatic carbocycles. The Morgan fingerprint density at radius 2 is 1.81 bits per heavy atom. The molecule has 4 nitrogen and oxygen atoms in total. The number of rotatable bonds is 4. The molecule has 0 bridgehead atoms. The van der Waals surface area contributed by atoms with Gasteiger partial charge >= 0.3 is 0 Å². The van der Waals surface area contributed by atoms with Crippen molar-refractivity contribution in [3.63, 3.8) is 0 Å². The van der Waals surface area contributed by atoms with Gasteiger partial charge in [0.15, 0.2) is 5.11 Å². The minimum Gasteiger partial charge on any atom is -0.351 e. The number of para-hydroxylation sites is 1. The summed E-state index contributed by atoms with van der Waals surface area (Å²) in [4.78, 5) is 6.79. The molecule has 0 aliphatic carbocycles. The highest BCUT2D eigenvalue weighted by Gasteiger charge is 2.40. The summed E-state index contributed by atoms with van der Waals surface area (Å²) in [5.41, 5.74) is 3.31. The molecule has 2 atom stereocenters. The SMILES string of the molecule is CC(C)n1ccc([C@H]2[C@@H](c3ccccn3)NC(=S)N2c2ccccc2)c1. The predicted molar refractivity (Wildman–Crippen MR) is 109 cm³/mol. The van der Waals surface area contributed by atoms with Crippen LogP contribution in [0.15, 0.2) is 73.2 Å². The molecule has 0 spiro atoms. The van der Waals surface area contributed by atoms with Crippen LogP contribution in [0.25, 0.3) is 0 Å². The number of thiocarbonyl (C=S) groups is 1. The van der Waals surface area contributed by atoms with E-state index in [1.807, 2.05) is 36.5 Å². The Morgan fingerprint density at radius 1 is 1.04 bits per heavy atom. The minimum atomic E-state index is 0.00641. The van der Waals surface area contributed by atoms with Crippen LogP contribution in [0.4, 0.5) is 5.69 Å². The summed E-state index contributed by atoms with van der Waals surface area (Å²) >= 11 is 5.72. The summed E-state index contributed by atoms with van der Waals surface area (Å²) in [6, 6.07) is 19.0. The highest BCUT2D eigenvalue weighted by Crippen LogP contribution is 2.41. The number of anilines is 1. The van der Waals surface area contributed by atoms with Crippen LogP contribution in [0.1, 0.15) is 43.2 Å². The lowest BCUT2D eigenvalue weighted by molar-refractivity contribution is 0.560. The van der Waals surface area contributed by atoms with Gasteiger partial charge in [-0.05, 0) is 62.0 Å². The fourth-order valence-corrected chi connectivity index (χ4v) is 3.83. The van der Waals surface area contributed by atoms with Gasteiger partial charge in [-0.3, -0.25) is 4.98 Å². The fourth-order valence-electron chi connectivity index (χ4n) is 3.49. The molecule has 26 heavy (non-hydrogen) atoms. The summed E-state index contributed by atoms with van der Waals surface area (Å²) in [6.45, 7) is 4.37. The van der Waals surface area contributed by atoms with E-state index in [0.717, 1.165) is 16.5 Å². The second-order valence-electron chi connectivity index (χ2n) is 6.82. The Balaban J connectivity index is 1.81. The lowest BCUT2D eigenvalue weighted by Crippen LogP contribution is -2.29. The van der Waals surface area contributed by atoms with Crippen molar-refractivity contribution in [1.82, 2.24) is 14.9 Å². The summed E-state index contributed by atoms with van der Waals surface area (Å²) in [5.74, 6) is 0. The highest BCUT2D eigenvalue weighted by molar-refractivity contribution is 7.80. The van der Waals surface area contributed by atoms with Crippen molar-refractivity contribution in [3.05, 3.63) is 84.4 Å². The zero-order valence-electron chi connectivity index (χ0n) is 14.9. The number of nitrogens with zero attached hydrogens (tertiary/aromatic N) is 3. The van der Waals surface area contributed by atoms with Crippen LogP contribution in [0, 0.1) is 0 Å². The molecule has 4 rings (SSSR count). The maximum Gasteiger partial charge on any atom is 0.174 e. The van der Waals surface area contributed by atoms with E-state index in [1.54, 1.807) is 0 Å². The van der Waals surface area contributed by atoms with E-state index in [9.17, 15) is 0 Å². The largest absolute Gasteiger partial charge is 0.351 e. The molecular formula is C21H22N4S. The van der Waals surface area contributed by atoms with Crippen molar-refractivity contribution in [1.29, 1.82) is 0 Å². The molecule has 1 aliphatic heterocycles. The average Bonchev–Trinajstić information content (AvgIpc) is 3.28. The number of hydrogen-bond acceptors (Lipinski definition) is 2. The van der Waals surface area contributed by atoms with Gasteiger partial charge < -0.3 is 14.8 Å². The Kier molecular flexibility index (Phi) is 4.47. The van der Waals surface area contributed by atoms with Crippen molar-refractivity contribution in [2.75, 3.05) is 4.90 Å². The number of aromatic nitrogens is 2. The first kappa shape index (κ1) is 16.8. The average molecular weight is 363 g/mol. The molecule has 1 N–H and O–H groups in total.